The first-order chi connectivity index (χ1) is 12.5. The van der Waals surface area contributed by atoms with Gasteiger partial charge in [-0.2, -0.15) is 0 Å². The molecular weight excluding hydrogens is 357 g/mol. The fraction of sp³-hybridized carbons (Fsp3) is 0. The van der Waals surface area contributed by atoms with Crippen LogP contribution in [0.1, 0.15) is 0 Å². The van der Waals surface area contributed by atoms with E-state index < -0.39 is 15.8 Å². The zero-order valence-corrected chi connectivity index (χ0v) is 14.2. The topological polar surface area (TPSA) is 84.6 Å². The van der Waals surface area contributed by atoms with Gasteiger partial charge < -0.3 is 5.21 Å². The molecule has 0 bridgehead atoms. The van der Waals surface area contributed by atoms with Crippen molar-refractivity contribution in [2.75, 3.05) is 4.72 Å². The van der Waals surface area contributed by atoms with Crippen molar-refractivity contribution in [1.29, 1.82) is 0 Å². The van der Waals surface area contributed by atoms with E-state index in [1.165, 1.54) is 12.1 Å². The molecule has 26 heavy (non-hydrogen) atoms. The van der Waals surface area contributed by atoms with Gasteiger partial charge >= 0.3 is 0 Å². The molecule has 1 N–H and O–H groups in total. The summed E-state index contributed by atoms with van der Waals surface area (Å²) < 4.78 is 40.3. The van der Waals surface area contributed by atoms with Crippen LogP contribution in [-0.2, 0) is 10.0 Å². The number of nitrogens with zero attached hydrogens (tertiary/aromatic N) is 2. The zero-order valence-electron chi connectivity index (χ0n) is 13.4. The summed E-state index contributed by atoms with van der Waals surface area (Å²) in [4.78, 5) is 0.226. The Bertz CT molecular complexity index is 1040. The normalized spacial score (nSPS) is 12.0. The first-order valence-corrected chi connectivity index (χ1v) is 9.05. The molecule has 6 nitrogen and oxygen atoms in total. The second kappa shape index (κ2) is 7.32. The molecule has 0 saturated carbocycles. The highest BCUT2D eigenvalue weighted by Crippen LogP contribution is 2.28. The van der Waals surface area contributed by atoms with Crippen LogP contribution in [0.4, 0.5) is 21.5 Å². The maximum absolute atomic E-state index is 13.0. The number of halogens is 1. The van der Waals surface area contributed by atoms with Crippen LogP contribution in [0.2, 0.25) is 0 Å². The Morgan fingerprint density at radius 1 is 0.885 bits per heavy atom. The van der Waals surface area contributed by atoms with E-state index >= 15 is 0 Å². The number of hydrogen-bond acceptors (Lipinski definition) is 4. The second-order valence-corrected chi connectivity index (χ2v) is 6.97. The van der Waals surface area contributed by atoms with Crippen molar-refractivity contribution in [3.05, 3.63) is 89.9 Å². The SMILES string of the molecule is O=S(=O)(Nc1ccccc1[N+]([O-])=Nc1ccccc1)c1ccc(F)cc1. The predicted octanol–water partition coefficient (Wildman–Crippen LogP) is 4.55. The molecule has 0 aliphatic rings. The van der Waals surface area contributed by atoms with E-state index in [0.29, 0.717) is 10.5 Å². The molecule has 0 heterocycles. The molecular formula is C18H14FN3O3S. The van der Waals surface area contributed by atoms with Gasteiger partial charge in [0.2, 0.25) is 0 Å². The van der Waals surface area contributed by atoms with Crippen molar-refractivity contribution >= 4 is 27.1 Å². The highest BCUT2D eigenvalue weighted by atomic mass is 32.2. The minimum absolute atomic E-state index is 0.0297. The molecule has 3 rings (SSSR count). The summed E-state index contributed by atoms with van der Waals surface area (Å²) in [5.41, 5.74) is 0.521. The van der Waals surface area contributed by atoms with Crippen molar-refractivity contribution in [3.8, 4) is 0 Å². The van der Waals surface area contributed by atoms with Gasteiger partial charge in [-0.15, -0.1) is 0 Å². The molecule has 8 heteroatoms. The minimum atomic E-state index is -3.98. The van der Waals surface area contributed by atoms with E-state index in [1.807, 2.05) is 0 Å². The molecule has 0 saturated heterocycles. The number of rotatable bonds is 5. The fourth-order valence-corrected chi connectivity index (χ4v) is 3.27. The number of azo groups is 1. The number of benzene rings is 3. The Hall–Kier alpha value is -3.26. The van der Waals surface area contributed by atoms with Crippen molar-refractivity contribution < 1.29 is 17.7 Å². The molecule has 132 valence electrons. The van der Waals surface area contributed by atoms with Crippen molar-refractivity contribution in [3.63, 3.8) is 0 Å². The van der Waals surface area contributed by atoms with Gasteiger partial charge in [0.05, 0.1) is 4.90 Å². The molecule has 0 aromatic heterocycles. The molecule has 0 atom stereocenters. The standard InChI is InChI=1S/C18H14FN3O3S/c19-14-10-12-16(13-11-14)26(24,25)21-17-8-4-5-9-18(17)22(23)20-15-6-2-1-3-7-15/h1-13,21H. The maximum Gasteiger partial charge on any atom is 0.268 e. The van der Waals surface area contributed by atoms with Gasteiger partial charge in [-0.1, -0.05) is 30.3 Å². The van der Waals surface area contributed by atoms with E-state index in [2.05, 4.69) is 9.84 Å². The zero-order chi connectivity index (χ0) is 18.6. The van der Waals surface area contributed by atoms with Crippen molar-refractivity contribution in [2.24, 2.45) is 5.11 Å². The lowest BCUT2D eigenvalue weighted by atomic mass is 10.3. The van der Waals surface area contributed by atoms with E-state index in [0.717, 1.165) is 24.3 Å². The van der Waals surface area contributed by atoms with Crippen LogP contribution in [-0.4, -0.2) is 13.3 Å². The van der Waals surface area contributed by atoms with Crippen molar-refractivity contribution in [2.45, 2.75) is 4.90 Å². The van der Waals surface area contributed by atoms with Gasteiger partial charge in [0.15, 0.2) is 0 Å². The van der Waals surface area contributed by atoms with Crippen LogP contribution < -0.4 is 4.72 Å². The number of sulfonamides is 1. The Balaban J connectivity index is 1.95. The summed E-state index contributed by atoms with van der Waals surface area (Å²) in [6.07, 6.45) is 0. The summed E-state index contributed by atoms with van der Waals surface area (Å²) in [5.74, 6) is -0.545. The van der Waals surface area contributed by atoms with Gasteiger partial charge in [0, 0.05) is 11.2 Å². The maximum atomic E-state index is 13.0. The lowest BCUT2D eigenvalue weighted by Gasteiger charge is -2.10. The largest absolute Gasteiger partial charge is 0.594 e. The molecule has 0 fully saturated rings. The summed E-state index contributed by atoms with van der Waals surface area (Å²) >= 11 is 0. The molecule has 0 aliphatic carbocycles. The summed E-state index contributed by atoms with van der Waals surface area (Å²) in [6.45, 7) is 0. The van der Waals surface area contributed by atoms with Crippen LogP contribution in [0.25, 0.3) is 0 Å². The van der Waals surface area contributed by atoms with Crippen LogP contribution in [0.5, 0.6) is 0 Å². The second-order valence-electron chi connectivity index (χ2n) is 5.29. The van der Waals surface area contributed by atoms with Crippen LogP contribution >= 0.6 is 0 Å². The first kappa shape index (κ1) is 17.6. The van der Waals surface area contributed by atoms with E-state index in [9.17, 15) is 18.0 Å². The molecule has 0 spiro atoms. The summed E-state index contributed by atoms with van der Waals surface area (Å²) in [6, 6.07) is 19.0. The highest BCUT2D eigenvalue weighted by Gasteiger charge is 2.19. The highest BCUT2D eigenvalue weighted by molar-refractivity contribution is 7.92. The lowest BCUT2D eigenvalue weighted by Crippen LogP contribution is -2.14. The fourth-order valence-electron chi connectivity index (χ4n) is 2.20. The Morgan fingerprint density at radius 2 is 1.50 bits per heavy atom. The predicted molar refractivity (Wildman–Crippen MR) is 95.5 cm³/mol. The third-order valence-electron chi connectivity index (χ3n) is 3.44. The average Bonchev–Trinajstić information content (AvgIpc) is 2.63. The van der Waals surface area contributed by atoms with Crippen LogP contribution in [0, 0.1) is 11.0 Å². The van der Waals surface area contributed by atoms with Gasteiger partial charge in [-0.05, 0) is 47.3 Å². The van der Waals surface area contributed by atoms with E-state index in [-0.39, 0.29) is 16.3 Å². The number of hydrogen-bond donors (Lipinski definition) is 1. The first-order valence-electron chi connectivity index (χ1n) is 7.57. The molecule has 0 unspecified atom stereocenters. The van der Waals surface area contributed by atoms with Crippen LogP contribution in [0.3, 0.4) is 0 Å². The number of para-hydroxylation sites is 2. The summed E-state index contributed by atoms with van der Waals surface area (Å²) in [7, 11) is -3.98. The third kappa shape index (κ3) is 4.04. The number of nitrogens with one attached hydrogen (secondary N) is 1. The third-order valence-corrected chi connectivity index (χ3v) is 4.82. The van der Waals surface area contributed by atoms with Crippen LogP contribution in [0.15, 0.2) is 88.9 Å². The Kier molecular flexibility index (Phi) is 4.94. The molecule has 3 aromatic rings. The minimum Gasteiger partial charge on any atom is -0.594 e. The van der Waals surface area contributed by atoms with Gasteiger partial charge in [-0.25, -0.2) is 12.8 Å². The smallest absolute Gasteiger partial charge is 0.268 e. The quantitative estimate of drug-likeness (QED) is 0.405. The van der Waals surface area contributed by atoms with Gasteiger partial charge in [0.25, 0.3) is 15.7 Å². The van der Waals surface area contributed by atoms with E-state index in [4.69, 9.17) is 0 Å². The Labute approximate surface area is 149 Å². The monoisotopic (exact) mass is 371 g/mol. The van der Waals surface area contributed by atoms with Gasteiger partial charge in [0.1, 0.15) is 17.2 Å². The van der Waals surface area contributed by atoms with E-state index in [1.54, 1.807) is 42.5 Å². The summed E-state index contributed by atoms with van der Waals surface area (Å²) in [5, 5.41) is 16.3. The molecule has 0 radical (unpaired) electrons. The Morgan fingerprint density at radius 3 is 2.19 bits per heavy atom. The van der Waals surface area contributed by atoms with Gasteiger partial charge in [-0.3, -0.25) is 4.72 Å². The average molecular weight is 371 g/mol. The molecule has 0 amide bonds. The lowest BCUT2D eigenvalue weighted by molar-refractivity contribution is -0.434. The van der Waals surface area contributed by atoms with Crippen molar-refractivity contribution in [1.82, 2.24) is 0 Å². The number of anilines is 1. The molecule has 3 aromatic carbocycles. The molecule has 0 aliphatic heterocycles.